The van der Waals surface area contributed by atoms with E-state index in [0.717, 1.165) is 4.90 Å². The molecule has 1 unspecified atom stereocenters. The van der Waals surface area contributed by atoms with Gasteiger partial charge in [-0.15, -0.1) is 0 Å². The summed E-state index contributed by atoms with van der Waals surface area (Å²) in [6.07, 6.45) is -0.0551. The molecule has 2 amide bonds. The number of esters is 1. The number of amides is 2. The van der Waals surface area contributed by atoms with Gasteiger partial charge >= 0.3 is 5.97 Å². The van der Waals surface area contributed by atoms with Gasteiger partial charge in [0, 0.05) is 0 Å². The lowest BCUT2D eigenvalue weighted by molar-refractivity contribution is -0.909. The molecule has 1 aromatic carbocycles. The Balaban J connectivity index is 2.02. The molecule has 25 heavy (non-hydrogen) atoms. The van der Waals surface area contributed by atoms with Crippen LogP contribution in [0.4, 0.5) is 5.69 Å². The number of methoxy groups -OCH3 is 1. The first-order valence-corrected chi connectivity index (χ1v) is 8.26. The number of para-hydroxylation sites is 2. The number of hydrogen-bond acceptors (Lipinski definition) is 5. The third-order valence-electron chi connectivity index (χ3n) is 4.00. The van der Waals surface area contributed by atoms with Crippen molar-refractivity contribution in [1.29, 1.82) is 0 Å². The Hall–Kier alpha value is -2.61. The summed E-state index contributed by atoms with van der Waals surface area (Å²) in [7, 11) is 1.28. The van der Waals surface area contributed by atoms with Gasteiger partial charge in [0.05, 0.1) is 32.5 Å². The fourth-order valence-electron chi connectivity index (χ4n) is 2.78. The fraction of sp³-hybridized carbons (Fsp3) is 0.471. The summed E-state index contributed by atoms with van der Waals surface area (Å²) >= 11 is 0. The molecule has 1 saturated heterocycles. The minimum Gasteiger partial charge on any atom is -0.492 e. The summed E-state index contributed by atoms with van der Waals surface area (Å²) in [6.45, 7) is 3.47. The monoisotopic (exact) mass is 350 g/mol. The van der Waals surface area contributed by atoms with E-state index in [1.807, 2.05) is 13.0 Å². The maximum absolute atomic E-state index is 12.4. The van der Waals surface area contributed by atoms with Crippen molar-refractivity contribution in [2.75, 3.05) is 38.7 Å². The molecular weight excluding hydrogens is 326 g/mol. The molecule has 1 fully saturated rings. The molecule has 8 nitrogen and oxygen atoms in total. The van der Waals surface area contributed by atoms with Gasteiger partial charge in [-0.05, 0) is 19.1 Å². The predicted molar refractivity (Wildman–Crippen MR) is 90.4 cm³/mol. The number of carbonyl (C=O) groups excluding carboxylic acids is 3. The van der Waals surface area contributed by atoms with E-state index in [4.69, 9.17) is 4.74 Å². The Morgan fingerprint density at radius 1 is 1.36 bits per heavy atom. The number of anilines is 1. The van der Waals surface area contributed by atoms with Crippen molar-refractivity contribution in [3.63, 3.8) is 0 Å². The van der Waals surface area contributed by atoms with Crippen LogP contribution in [0, 0.1) is 0 Å². The minimum absolute atomic E-state index is 0.0551. The van der Waals surface area contributed by atoms with Crippen LogP contribution in [0.15, 0.2) is 24.3 Å². The van der Waals surface area contributed by atoms with Crippen LogP contribution < -0.4 is 20.3 Å². The first-order chi connectivity index (χ1) is 12.0. The van der Waals surface area contributed by atoms with Crippen LogP contribution >= 0.6 is 0 Å². The van der Waals surface area contributed by atoms with Gasteiger partial charge in [0.2, 0.25) is 0 Å². The van der Waals surface area contributed by atoms with Gasteiger partial charge in [0.1, 0.15) is 12.2 Å². The Morgan fingerprint density at radius 2 is 2.12 bits per heavy atom. The average molecular weight is 350 g/mol. The Kier molecular flexibility index (Phi) is 6.76. The second-order valence-corrected chi connectivity index (χ2v) is 5.69. The maximum Gasteiger partial charge on any atom is 0.312 e. The summed E-state index contributed by atoms with van der Waals surface area (Å²) in [5, 5.41) is 5.53. The van der Waals surface area contributed by atoms with E-state index in [2.05, 4.69) is 15.4 Å². The maximum atomic E-state index is 12.4. The van der Waals surface area contributed by atoms with Gasteiger partial charge in [0.15, 0.2) is 12.6 Å². The smallest absolute Gasteiger partial charge is 0.312 e. The molecule has 0 aliphatic carbocycles. The second-order valence-electron chi connectivity index (χ2n) is 5.69. The van der Waals surface area contributed by atoms with Gasteiger partial charge in [-0.3, -0.25) is 14.4 Å². The zero-order chi connectivity index (χ0) is 18.2. The van der Waals surface area contributed by atoms with Gasteiger partial charge in [-0.25, -0.2) is 0 Å². The zero-order valence-electron chi connectivity index (χ0n) is 14.5. The van der Waals surface area contributed by atoms with E-state index in [1.165, 1.54) is 7.11 Å². The van der Waals surface area contributed by atoms with Crippen LogP contribution in [0.5, 0.6) is 5.75 Å². The van der Waals surface area contributed by atoms with Crippen molar-refractivity contribution in [3.8, 4) is 5.75 Å². The molecule has 1 aromatic rings. The number of rotatable bonds is 7. The molecule has 3 N–H and O–H groups in total. The van der Waals surface area contributed by atoms with E-state index in [9.17, 15) is 14.4 Å². The Morgan fingerprint density at radius 3 is 2.84 bits per heavy atom. The molecule has 2 rings (SSSR count). The molecule has 0 radical (unpaired) electrons. The molecule has 0 spiro atoms. The predicted octanol–water partition coefficient (Wildman–Crippen LogP) is -1.03. The van der Waals surface area contributed by atoms with Gasteiger partial charge in [0.25, 0.3) is 11.8 Å². The average Bonchev–Trinajstić information content (AvgIpc) is 2.59. The van der Waals surface area contributed by atoms with Gasteiger partial charge < -0.3 is 25.0 Å². The standard InChI is InChI=1S/C17H23N3O5/c1-3-25-14-7-5-4-6-12(14)19-15(21)11-20-9-8-18-17(23)13(20)10-16(22)24-2/h4-7,13H,3,8-11H2,1-2H3,(H,18,23)(H,19,21)/p+1/t13-/m0/s1. The lowest BCUT2D eigenvalue weighted by Gasteiger charge is -2.30. The minimum atomic E-state index is -0.630. The first kappa shape index (κ1) is 18.7. The summed E-state index contributed by atoms with van der Waals surface area (Å²) in [5.41, 5.74) is 0.583. The second kappa shape index (κ2) is 9.03. The number of quaternary nitrogens is 1. The highest BCUT2D eigenvalue weighted by Crippen LogP contribution is 2.23. The third-order valence-corrected chi connectivity index (χ3v) is 4.00. The van der Waals surface area contributed by atoms with Crippen molar-refractivity contribution >= 4 is 23.5 Å². The van der Waals surface area contributed by atoms with Crippen molar-refractivity contribution in [2.24, 2.45) is 0 Å². The normalized spacial score (nSPS) is 19.7. The summed E-state index contributed by atoms with van der Waals surface area (Å²) in [4.78, 5) is 36.7. The van der Waals surface area contributed by atoms with Crippen molar-refractivity contribution in [3.05, 3.63) is 24.3 Å². The van der Waals surface area contributed by atoms with Gasteiger partial charge in [-0.2, -0.15) is 0 Å². The number of ether oxygens (including phenoxy) is 2. The molecule has 1 aliphatic rings. The number of piperazine rings is 1. The zero-order valence-corrected chi connectivity index (χ0v) is 14.5. The van der Waals surface area contributed by atoms with Crippen LogP contribution in [0.25, 0.3) is 0 Å². The van der Waals surface area contributed by atoms with E-state index in [-0.39, 0.29) is 24.8 Å². The SMILES string of the molecule is CCOc1ccccc1NC(=O)C[NH+]1CCNC(=O)[C@@H]1CC(=O)OC. The van der Waals surface area contributed by atoms with E-state index >= 15 is 0 Å². The lowest BCUT2D eigenvalue weighted by Crippen LogP contribution is -3.20. The van der Waals surface area contributed by atoms with E-state index in [0.29, 0.717) is 31.1 Å². The molecule has 2 atom stereocenters. The highest BCUT2D eigenvalue weighted by molar-refractivity contribution is 5.93. The van der Waals surface area contributed by atoms with Crippen LogP contribution in [0.2, 0.25) is 0 Å². The molecule has 0 saturated carbocycles. The lowest BCUT2D eigenvalue weighted by atomic mass is 10.1. The van der Waals surface area contributed by atoms with Gasteiger partial charge in [-0.1, -0.05) is 12.1 Å². The summed E-state index contributed by atoms with van der Waals surface area (Å²) in [6, 6.07) is 6.54. The van der Waals surface area contributed by atoms with Crippen molar-refractivity contribution < 1.29 is 28.8 Å². The highest BCUT2D eigenvalue weighted by atomic mass is 16.5. The first-order valence-electron chi connectivity index (χ1n) is 8.26. The molecule has 8 heteroatoms. The van der Waals surface area contributed by atoms with E-state index < -0.39 is 12.0 Å². The molecule has 0 bridgehead atoms. The molecule has 1 aliphatic heterocycles. The third kappa shape index (κ3) is 5.18. The summed E-state index contributed by atoms with van der Waals surface area (Å²) < 4.78 is 10.1. The fourth-order valence-corrected chi connectivity index (χ4v) is 2.78. The number of carbonyl (C=O) groups is 3. The molecule has 0 aromatic heterocycles. The van der Waals surface area contributed by atoms with Crippen LogP contribution in [-0.2, 0) is 19.1 Å². The topological polar surface area (TPSA) is 98.2 Å². The molecule has 136 valence electrons. The summed E-state index contributed by atoms with van der Waals surface area (Å²) in [5.74, 6) is -0.363. The Labute approximate surface area is 146 Å². The molecular formula is C17H24N3O5+. The van der Waals surface area contributed by atoms with Crippen LogP contribution in [0.1, 0.15) is 13.3 Å². The van der Waals surface area contributed by atoms with E-state index in [1.54, 1.807) is 18.2 Å². The number of nitrogens with one attached hydrogen (secondary N) is 3. The molecule has 1 heterocycles. The highest BCUT2D eigenvalue weighted by Gasteiger charge is 2.36. The van der Waals surface area contributed by atoms with Crippen molar-refractivity contribution in [1.82, 2.24) is 5.32 Å². The quantitative estimate of drug-likeness (QED) is 0.546. The van der Waals surface area contributed by atoms with Crippen LogP contribution in [0.3, 0.4) is 0 Å². The Bertz CT molecular complexity index is 634. The number of benzene rings is 1. The van der Waals surface area contributed by atoms with Crippen LogP contribution in [-0.4, -0.2) is 57.2 Å². The van der Waals surface area contributed by atoms with Crippen molar-refractivity contribution in [2.45, 2.75) is 19.4 Å². The number of hydrogen-bond donors (Lipinski definition) is 3. The largest absolute Gasteiger partial charge is 0.492 e.